The largest absolute Gasteiger partial charge is 0.496 e. The number of methoxy groups -OCH3 is 1. The van der Waals surface area contributed by atoms with Gasteiger partial charge < -0.3 is 19.8 Å². The number of aliphatic hydroxyl groups excluding tert-OH is 1. The quantitative estimate of drug-likeness (QED) is 0.819. The SMILES string of the molecule is COc1ccccc1C1(O)CCN(C[C@@H](O)c2ccc(C(C)(C)C)cc2)CC1. The first-order valence-electron chi connectivity index (χ1n) is 10.1. The number of rotatable bonds is 5. The highest BCUT2D eigenvalue weighted by Crippen LogP contribution is 2.38. The summed E-state index contributed by atoms with van der Waals surface area (Å²) < 4.78 is 5.43. The molecule has 1 aliphatic heterocycles. The topological polar surface area (TPSA) is 52.9 Å². The molecule has 2 N–H and O–H groups in total. The maximum Gasteiger partial charge on any atom is 0.124 e. The number of benzene rings is 2. The van der Waals surface area contributed by atoms with E-state index in [1.807, 2.05) is 36.4 Å². The fourth-order valence-electron chi connectivity index (χ4n) is 3.96. The van der Waals surface area contributed by atoms with Gasteiger partial charge in [0, 0.05) is 25.2 Å². The van der Waals surface area contributed by atoms with Gasteiger partial charge in [-0.1, -0.05) is 63.2 Å². The third-order valence-corrected chi connectivity index (χ3v) is 5.88. The van der Waals surface area contributed by atoms with E-state index in [4.69, 9.17) is 4.74 Å². The summed E-state index contributed by atoms with van der Waals surface area (Å²) in [5.41, 5.74) is 2.30. The molecule has 0 saturated carbocycles. The average molecular weight is 384 g/mol. The molecule has 3 rings (SSSR count). The molecule has 28 heavy (non-hydrogen) atoms. The summed E-state index contributed by atoms with van der Waals surface area (Å²) in [6.45, 7) is 8.63. The lowest BCUT2D eigenvalue weighted by molar-refractivity contribution is -0.0358. The maximum absolute atomic E-state index is 11.2. The molecule has 152 valence electrons. The number of aliphatic hydroxyl groups is 2. The average Bonchev–Trinajstić information content (AvgIpc) is 2.69. The standard InChI is InChI=1S/C24H33NO3/c1-23(2,3)19-11-9-18(10-12-19)21(26)17-25-15-13-24(27,14-16-25)20-7-5-6-8-22(20)28-4/h5-12,21,26-27H,13-17H2,1-4H3/t21-/m1/s1. The molecule has 0 radical (unpaired) electrons. The zero-order valence-electron chi connectivity index (χ0n) is 17.5. The predicted octanol–water partition coefficient (Wildman–Crippen LogP) is 4.01. The normalized spacial score (nSPS) is 18.6. The van der Waals surface area contributed by atoms with Gasteiger partial charge in [-0.05, 0) is 35.4 Å². The van der Waals surface area contributed by atoms with Crippen molar-refractivity contribution in [3.05, 3.63) is 65.2 Å². The van der Waals surface area contributed by atoms with E-state index in [1.54, 1.807) is 7.11 Å². The second-order valence-electron chi connectivity index (χ2n) is 8.92. The number of piperidine rings is 1. The van der Waals surface area contributed by atoms with Crippen LogP contribution in [0.4, 0.5) is 0 Å². The molecule has 0 bridgehead atoms. The molecule has 1 aliphatic rings. The van der Waals surface area contributed by atoms with Crippen LogP contribution in [0.2, 0.25) is 0 Å². The zero-order valence-corrected chi connectivity index (χ0v) is 17.5. The number of β-amino-alcohol motifs (C(OH)–C–C–N with tert-alkyl or cyclic N) is 1. The summed E-state index contributed by atoms with van der Waals surface area (Å²) in [5.74, 6) is 0.734. The highest BCUT2D eigenvalue weighted by atomic mass is 16.5. The highest BCUT2D eigenvalue weighted by molar-refractivity contribution is 5.38. The fraction of sp³-hybridized carbons (Fsp3) is 0.500. The van der Waals surface area contributed by atoms with E-state index in [2.05, 4.69) is 37.8 Å². The van der Waals surface area contributed by atoms with Gasteiger partial charge in [-0.3, -0.25) is 0 Å². The van der Waals surface area contributed by atoms with Crippen LogP contribution in [0.1, 0.15) is 56.4 Å². The van der Waals surface area contributed by atoms with Crippen molar-refractivity contribution >= 4 is 0 Å². The second-order valence-corrected chi connectivity index (χ2v) is 8.92. The Hall–Kier alpha value is -1.88. The molecule has 4 heteroatoms. The Morgan fingerprint density at radius 1 is 1.04 bits per heavy atom. The van der Waals surface area contributed by atoms with Gasteiger partial charge in [0.15, 0.2) is 0 Å². The Bertz CT molecular complexity index is 771. The van der Waals surface area contributed by atoms with Crippen LogP contribution in [0.15, 0.2) is 48.5 Å². The molecule has 1 fully saturated rings. The minimum absolute atomic E-state index is 0.110. The van der Waals surface area contributed by atoms with Gasteiger partial charge in [0.25, 0.3) is 0 Å². The summed E-state index contributed by atoms with van der Waals surface area (Å²) in [5, 5.41) is 21.8. The van der Waals surface area contributed by atoms with Crippen molar-refractivity contribution in [3.63, 3.8) is 0 Å². The molecule has 2 aromatic rings. The van der Waals surface area contributed by atoms with E-state index in [1.165, 1.54) is 5.56 Å². The molecule has 2 aromatic carbocycles. The van der Waals surface area contributed by atoms with Gasteiger partial charge >= 0.3 is 0 Å². The number of nitrogens with zero attached hydrogens (tertiary/aromatic N) is 1. The third-order valence-electron chi connectivity index (χ3n) is 5.88. The van der Waals surface area contributed by atoms with Crippen molar-refractivity contribution in [2.75, 3.05) is 26.7 Å². The lowest BCUT2D eigenvalue weighted by Crippen LogP contribution is -2.44. The molecule has 0 aliphatic carbocycles. The lowest BCUT2D eigenvalue weighted by Gasteiger charge is -2.39. The Morgan fingerprint density at radius 2 is 1.64 bits per heavy atom. The second kappa shape index (κ2) is 8.24. The number of ether oxygens (including phenoxy) is 1. The van der Waals surface area contributed by atoms with Crippen LogP contribution in [-0.4, -0.2) is 41.9 Å². The fourth-order valence-corrected chi connectivity index (χ4v) is 3.96. The Labute approximate surface area is 168 Å². The number of hydrogen-bond donors (Lipinski definition) is 2. The summed E-state index contributed by atoms with van der Waals surface area (Å²) in [6, 6.07) is 16.0. The van der Waals surface area contributed by atoms with Gasteiger partial charge in [0.1, 0.15) is 5.75 Å². The summed E-state index contributed by atoms with van der Waals surface area (Å²) in [7, 11) is 1.64. The third kappa shape index (κ3) is 4.57. The van der Waals surface area contributed by atoms with Gasteiger partial charge in [0.2, 0.25) is 0 Å². The van der Waals surface area contributed by atoms with Crippen LogP contribution >= 0.6 is 0 Å². The van der Waals surface area contributed by atoms with E-state index in [9.17, 15) is 10.2 Å². The first kappa shape index (κ1) is 20.8. The lowest BCUT2D eigenvalue weighted by atomic mass is 9.83. The van der Waals surface area contributed by atoms with E-state index < -0.39 is 11.7 Å². The zero-order chi connectivity index (χ0) is 20.4. The molecule has 0 amide bonds. The van der Waals surface area contributed by atoms with E-state index >= 15 is 0 Å². The Morgan fingerprint density at radius 3 is 2.21 bits per heavy atom. The molecule has 0 unspecified atom stereocenters. The highest BCUT2D eigenvalue weighted by Gasteiger charge is 2.36. The van der Waals surface area contributed by atoms with Gasteiger partial charge in [-0.2, -0.15) is 0 Å². The number of likely N-dealkylation sites (tertiary alicyclic amines) is 1. The van der Waals surface area contributed by atoms with Crippen LogP contribution in [0.25, 0.3) is 0 Å². The van der Waals surface area contributed by atoms with Crippen LogP contribution in [-0.2, 0) is 11.0 Å². The first-order chi connectivity index (χ1) is 13.2. The smallest absolute Gasteiger partial charge is 0.124 e. The summed E-state index contributed by atoms with van der Waals surface area (Å²) in [4.78, 5) is 2.23. The van der Waals surface area contributed by atoms with E-state index in [-0.39, 0.29) is 5.41 Å². The first-order valence-corrected chi connectivity index (χ1v) is 10.1. The van der Waals surface area contributed by atoms with Crippen LogP contribution in [0.3, 0.4) is 0 Å². The summed E-state index contributed by atoms with van der Waals surface area (Å²) in [6.07, 6.45) is 0.734. The van der Waals surface area contributed by atoms with Gasteiger partial charge in [0.05, 0.1) is 18.8 Å². The van der Waals surface area contributed by atoms with Crippen LogP contribution in [0, 0.1) is 0 Å². The molecule has 0 aromatic heterocycles. The molecule has 1 atom stereocenters. The minimum Gasteiger partial charge on any atom is -0.496 e. The van der Waals surface area contributed by atoms with Crippen molar-refractivity contribution < 1.29 is 14.9 Å². The van der Waals surface area contributed by atoms with Gasteiger partial charge in [-0.15, -0.1) is 0 Å². The van der Waals surface area contributed by atoms with Crippen LogP contribution < -0.4 is 4.74 Å². The maximum atomic E-state index is 11.2. The monoisotopic (exact) mass is 383 g/mol. The van der Waals surface area contributed by atoms with Crippen LogP contribution in [0.5, 0.6) is 5.75 Å². The molecule has 1 saturated heterocycles. The Kier molecular flexibility index (Phi) is 6.13. The molecular weight excluding hydrogens is 350 g/mol. The van der Waals surface area contributed by atoms with Gasteiger partial charge in [-0.25, -0.2) is 0 Å². The van der Waals surface area contributed by atoms with Crippen molar-refractivity contribution in [2.45, 2.75) is 50.7 Å². The van der Waals surface area contributed by atoms with E-state index in [0.29, 0.717) is 19.4 Å². The molecule has 4 nitrogen and oxygen atoms in total. The van der Waals surface area contributed by atoms with Crippen molar-refractivity contribution in [1.82, 2.24) is 4.90 Å². The molecular formula is C24H33NO3. The minimum atomic E-state index is -0.873. The molecule has 0 spiro atoms. The molecule has 1 heterocycles. The Balaban J connectivity index is 1.61. The van der Waals surface area contributed by atoms with Crippen molar-refractivity contribution in [3.8, 4) is 5.75 Å². The van der Waals surface area contributed by atoms with Crippen molar-refractivity contribution in [2.24, 2.45) is 0 Å². The summed E-state index contributed by atoms with van der Waals surface area (Å²) >= 11 is 0. The predicted molar refractivity (Wildman–Crippen MR) is 113 cm³/mol. The number of hydrogen-bond acceptors (Lipinski definition) is 4. The van der Waals surface area contributed by atoms with E-state index in [0.717, 1.165) is 30.0 Å². The number of para-hydroxylation sites is 1. The van der Waals surface area contributed by atoms with Crippen molar-refractivity contribution in [1.29, 1.82) is 0 Å².